The van der Waals surface area contributed by atoms with Crippen molar-refractivity contribution in [2.75, 3.05) is 7.05 Å². The fourth-order valence-corrected chi connectivity index (χ4v) is 2.13. The molecule has 0 saturated carbocycles. The van der Waals surface area contributed by atoms with E-state index in [1.54, 1.807) is 12.3 Å². The van der Waals surface area contributed by atoms with E-state index in [1.807, 2.05) is 14.0 Å². The molecule has 5 heteroatoms. The van der Waals surface area contributed by atoms with Crippen molar-refractivity contribution in [3.05, 3.63) is 34.1 Å². The average Bonchev–Trinajstić information content (AvgIpc) is 2.29. The van der Waals surface area contributed by atoms with Crippen LogP contribution in [0.15, 0.2) is 18.3 Å². The van der Waals surface area contributed by atoms with E-state index in [0.29, 0.717) is 5.69 Å². The zero-order chi connectivity index (χ0) is 13.0. The Balaban J connectivity index is 3.23. The number of nitro groups is 1. The molecule has 0 saturated heterocycles. The number of hydrogen-bond acceptors (Lipinski definition) is 4. The van der Waals surface area contributed by atoms with Crippen molar-refractivity contribution in [3.63, 3.8) is 0 Å². The number of nitrogens with one attached hydrogen (secondary N) is 1. The number of aromatic nitrogens is 1. The fourth-order valence-electron chi connectivity index (χ4n) is 2.13. The molecular formula is C12H19N3O2. The highest BCUT2D eigenvalue weighted by Crippen LogP contribution is 2.32. The summed E-state index contributed by atoms with van der Waals surface area (Å²) in [4.78, 5) is 14.9. The number of likely N-dealkylation sites (N-methyl/N-ethyl adjacent to an activating group) is 1. The maximum Gasteiger partial charge on any atom is 0.291 e. The molecule has 0 amide bonds. The lowest BCUT2D eigenvalue weighted by molar-refractivity contribution is -0.386. The summed E-state index contributed by atoms with van der Waals surface area (Å²) >= 11 is 0. The standard InChI is InChI=1S/C12H19N3O2/c1-8(2)11(9(3)13-4)12-10(15(16)17)6-5-7-14-12/h5-9,11,13H,1-4H3. The van der Waals surface area contributed by atoms with Crippen LogP contribution in [0.4, 0.5) is 5.69 Å². The minimum absolute atomic E-state index is 0.0293. The highest BCUT2D eigenvalue weighted by Gasteiger charge is 2.29. The van der Waals surface area contributed by atoms with Crippen molar-refractivity contribution in [2.24, 2.45) is 5.92 Å². The summed E-state index contributed by atoms with van der Waals surface area (Å²) in [7, 11) is 1.86. The quantitative estimate of drug-likeness (QED) is 0.630. The number of pyridine rings is 1. The molecule has 0 aliphatic carbocycles. The predicted molar refractivity (Wildman–Crippen MR) is 67.0 cm³/mol. The van der Waals surface area contributed by atoms with Gasteiger partial charge in [-0.3, -0.25) is 15.1 Å². The Bertz CT molecular complexity index is 393. The largest absolute Gasteiger partial charge is 0.317 e. The molecule has 0 radical (unpaired) electrons. The van der Waals surface area contributed by atoms with E-state index in [-0.39, 0.29) is 28.5 Å². The van der Waals surface area contributed by atoms with Crippen LogP contribution in [0.3, 0.4) is 0 Å². The molecule has 1 N–H and O–H groups in total. The summed E-state index contributed by atoms with van der Waals surface area (Å²) in [6, 6.07) is 3.26. The molecule has 0 spiro atoms. The van der Waals surface area contributed by atoms with Crippen LogP contribution in [0, 0.1) is 16.0 Å². The summed E-state index contributed by atoms with van der Waals surface area (Å²) in [5, 5.41) is 14.2. The summed E-state index contributed by atoms with van der Waals surface area (Å²) in [6.45, 7) is 6.12. The summed E-state index contributed by atoms with van der Waals surface area (Å²) in [6.07, 6.45) is 1.61. The first-order valence-electron chi connectivity index (χ1n) is 5.75. The number of rotatable bonds is 5. The maximum absolute atomic E-state index is 11.0. The molecule has 2 unspecified atom stereocenters. The van der Waals surface area contributed by atoms with Crippen LogP contribution in [0.2, 0.25) is 0 Å². The first-order valence-corrected chi connectivity index (χ1v) is 5.75. The van der Waals surface area contributed by atoms with Gasteiger partial charge in [-0.15, -0.1) is 0 Å². The minimum atomic E-state index is -0.361. The molecular weight excluding hydrogens is 218 g/mol. The summed E-state index contributed by atoms with van der Waals surface area (Å²) < 4.78 is 0. The van der Waals surface area contributed by atoms with Crippen molar-refractivity contribution in [3.8, 4) is 0 Å². The van der Waals surface area contributed by atoms with Crippen molar-refractivity contribution in [1.29, 1.82) is 0 Å². The zero-order valence-corrected chi connectivity index (χ0v) is 10.7. The monoisotopic (exact) mass is 237 g/mol. The highest BCUT2D eigenvalue weighted by atomic mass is 16.6. The van der Waals surface area contributed by atoms with Crippen molar-refractivity contribution in [2.45, 2.75) is 32.7 Å². The van der Waals surface area contributed by atoms with Gasteiger partial charge in [0.15, 0.2) is 0 Å². The van der Waals surface area contributed by atoms with Gasteiger partial charge in [-0.05, 0) is 26.0 Å². The van der Waals surface area contributed by atoms with E-state index in [0.717, 1.165) is 0 Å². The molecule has 0 fully saturated rings. The van der Waals surface area contributed by atoms with E-state index >= 15 is 0 Å². The Morgan fingerprint density at radius 3 is 2.53 bits per heavy atom. The van der Waals surface area contributed by atoms with Crippen molar-refractivity contribution >= 4 is 5.69 Å². The van der Waals surface area contributed by atoms with Crippen LogP contribution in [0.25, 0.3) is 0 Å². The van der Waals surface area contributed by atoms with Crippen LogP contribution in [-0.2, 0) is 0 Å². The van der Waals surface area contributed by atoms with E-state index in [2.05, 4.69) is 24.1 Å². The number of nitrogens with zero attached hydrogens (tertiary/aromatic N) is 2. The maximum atomic E-state index is 11.0. The molecule has 17 heavy (non-hydrogen) atoms. The highest BCUT2D eigenvalue weighted by molar-refractivity contribution is 5.37. The molecule has 1 aromatic rings. The Kier molecular flexibility index (Phi) is 4.57. The van der Waals surface area contributed by atoms with Crippen LogP contribution in [0.5, 0.6) is 0 Å². The Morgan fingerprint density at radius 1 is 1.41 bits per heavy atom. The Labute approximate surface area is 101 Å². The summed E-state index contributed by atoms with van der Waals surface area (Å²) in [5.41, 5.74) is 0.669. The molecule has 0 aliphatic rings. The SMILES string of the molecule is CNC(C)C(c1ncccc1[N+](=O)[O-])C(C)C. The van der Waals surface area contributed by atoms with E-state index in [9.17, 15) is 10.1 Å². The van der Waals surface area contributed by atoms with Gasteiger partial charge >= 0.3 is 0 Å². The molecule has 2 atom stereocenters. The van der Waals surface area contributed by atoms with Crippen molar-refractivity contribution in [1.82, 2.24) is 10.3 Å². The van der Waals surface area contributed by atoms with Crippen LogP contribution in [-0.4, -0.2) is 23.0 Å². The van der Waals surface area contributed by atoms with Crippen LogP contribution < -0.4 is 5.32 Å². The van der Waals surface area contributed by atoms with Gasteiger partial charge in [-0.1, -0.05) is 13.8 Å². The third-order valence-corrected chi connectivity index (χ3v) is 3.04. The Hall–Kier alpha value is -1.49. The predicted octanol–water partition coefficient (Wildman–Crippen LogP) is 2.34. The first kappa shape index (κ1) is 13.6. The molecule has 1 aromatic heterocycles. The summed E-state index contributed by atoms with van der Waals surface area (Å²) in [5.74, 6) is 0.313. The lowest BCUT2D eigenvalue weighted by Gasteiger charge is -2.26. The Morgan fingerprint density at radius 2 is 2.06 bits per heavy atom. The molecule has 1 heterocycles. The van der Waals surface area contributed by atoms with Crippen LogP contribution >= 0.6 is 0 Å². The fraction of sp³-hybridized carbons (Fsp3) is 0.583. The van der Waals surface area contributed by atoms with Crippen molar-refractivity contribution < 1.29 is 4.92 Å². The third-order valence-electron chi connectivity index (χ3n) is 3.04. The average molecular weight is 237 g/mol. The normalized spacial score (nSPS) is 14.6. The second-order valence-corrected chi connectivity index (χ2v) is 4.51. The van der Waals surface area contributed by atoms with Gasteiger partial charge < -0.3 is 5.32 Å². The molecule has 0 bridgehead atoms. The second-order valence-electron chi connectivity index (χ2n) is 4.51. The molecule has 5 nitrogen and oxygen atoms in total. The minimum Gasteiger partial charge on any atom is -0.317 e. The zero-order valence-electron chi connectivity index (χ0n) is 10.7. The lowest BCUT2D eigenvalue weighted by Crippen LogP contribution is -2.32. The molecule has 0 aliphatic heterocycles. The lowest BCUT2D eigenvalue weighted by atomic mass is 9.85. The third kappa shape index (κ3) is 3.00. The van der Waals surface area contributed by atoms with Crippen LogP contribution in [0.1, 0.15) is 32.4 Å². The first-order chi connectivity index (χ1) is 7.99. The van der Waals surface area contributed by atoms with Gasteiger partial charge in [0.2, 0.25) is 0 Å². The molecule has 0 aromatic carbocycles. The topological polar surface area (TPSA) is 68.1 Å². The van der Waals surface area contributed by atoms with Gasteiger partial charge in [-0.25, -0.2) is 0 Å². The van der Waals surface area contributed by atoms with E-state index < -0.39 is 0 Å². The van der Waals surface area contributed by atoms with Gasteiger partial charge in [0, 0.05) is 24.2 Å². The van der Waals surface area contributed by atoms with Gasteiger partial charge in [0.1, 0.15) is 5.69 Å². The smallest absolute Gasteiger partial charge is 0.291 e. The van der Waals surface area contributed by atoms with Gasteiger partial charge in [-0.2, -0.15) is 0 Å². The molecule has 94 valence electrons. The van der Waals surface area contributed by atoms with E-state index in [1.165, 1.54) is 6.07 Å². The second kappa shape index (κ2) is 5.72. The molecule has 1 rings (SSSR count). The van der Waals surface area contributed by atoms with Gasteiger partial charge in [0.25, 0.3) is 5.69 Å². The number of hydrogen-bond donors (Lipinski definition) is 1. The van der Waals surface area contributed by atoms with E-state index in [4.69, 9.17) is 0 Å². The van der Waals surface area contributed by atoms with Gasteiger partial charge in [0.05, 0.1) is 4.92 Å².